The summed E-state index contributed by atoms with van der Waals surface area (Å²) in [5.41, 5.74) is 0.936. The molecular weight excluding hydrogens is 614 g/mol. The molecule has 0 aromatic heterocycles. The Labute approximate surface area is 283 Å². The fourth-order valence-electron chi connectivity index (χ4n) is 7.63. The Balaban J connectivity index is 1.24. The van der Waals surface area contributed by atoms with Crippen LogP contribution in [0.4, 0.5) is 0 Å². The van der Waals surface area contributed by atoms with E-state index in [2.05, 4.69) is 34.5 Å². The number of hydrogen-bond acceptors (Lipinski definition) is 9. The van der Waals surface area contributed by atoms with Crippen molar-refractivity contribution in [2.45, 2.75) is 113 Å². The number of hydrogen-bond donors (Lipinski definition) is 5. The highest BCUT2D eigenvalue weighted by Gasteiger charge is 2.71. The molecule has 0 unspecified atom stereocenters. The normalized spacial score (nSPS) is 28.1. The van der Waals surface area contributed by atoms with Crippen molar-refractivity contribution in [3.63, 3.8) is 0 Å². The standard InChI is InChI=1S/C37H53N3O8/c1-25-11-16-29(37-33(45)31(43)32(44)36(48-37,23-47-37)34(2,3)46)22-28(25)21-27-14-12-26(13-15-27)9-8-10-30(42)40(20-19-39(4)5)35(38-24-41)17-6-7-18-35/h11-16,22,24,31-33,43-46H,6-10,17-21,23H2,1-5H3,(H,38,41)/t31-,32-,33+,36-,37-/m0/s1. The van der Waals surface area contributed by atoms with Crippen molar-refractivity contribution in [3.8, 4) is 0 Å². The fraction of sp³-hybridized carbons (Fsp3) is 0.622. The van der Waals surface area contributed by atoms with Gasteiger partial charge in [-0.2, -0.15) is 0 Å². The van der Waals surface area contributed by atoms with E-state index in [1.807, 2.05) is 38.1 Å². The van der Waals surface area contributed by atoms with Crippen LogP contribution in [0.5, 0.6) is 0 Å². The van der Waals surface area contributed by atoms with Crippen molar-refractivity contribution >= 4 is 12.3 Å². The maximum Gasteiger partial charge on any atom is 0.225 e. The molecule has 2 amide bonds. The Kier molecular flexibility index (Phi) is 10.7. The van der Waals surface area contributed by atoms with Crippen LogP contribution in [-0.4, -0.2) is 112 Å². The minimum atomic E-state index is -1.74. The molecular formula is C37H53N3O8. The maximum absolute atomic E-state index is 13.5. The third-order valence-electron chi connectivity index (χ3n) is 10.8. The van der Waals surface area contributed by atoms with Gasteiger partial charge < -0.3 is 45.0 Å². The predicted molar refractivity (Wildman–Crippen MR) is 180 cm³/mol. The number of amides is 2. The summed E-state index contributed by atoms with van der Waals surface area (Å²) in [4.78, 5) is 28.9. The molecule has 0 spiro atoms. The van der Waals surface area contributed by atoms with Crippen molar-refractivity contribution in [2.75, 3.05) is 33.8 Å². The minimum absolute atomic E-state index is 0.0691. The smallest absolute Gasteiger partial charge is 0.225 e. The molecule has 2 bridgehead atoms. The predicted octanol–water partition coefficient (Wildman–Crippen LogP) is 2.12. The molecule has 11 heteroatoms. The Bertz CT molecular complexity index is 1440. The van der Waals surface area contributed by atoms with E-state index in [4.69, 9.17) is 9.47 Å². The average molecular weight is 668 g/mol. The second kappa shape index (κ2) is 14.1. The van der Waals surface area contributed by atoms with E-state index in [-0.39, 0.29) is 12.5 Å². The van der Waals surface area contributed by atoms with Crippen LogP contribution in [0.2, 0.25) is 0 Å². The van der Waals surface area contributed by atoms with Gasteiger partial charge in [0.2, 0.25) is 18.1 Å². The molecule has 2 aromatic carbocycles. The number of aryl methyl sites for hydroxylation is 2. The summed E-state index contributed by atoms with van der Waals surface area (Å²) in [6, 6.07) is 13.9. The number of aliphatic hydroxyl groups is 4. The number of ether oxygens (including phenoxy) is 2. The van der Waals surface area contributed by atoms with Gasteiger partial charge in [0.15, 0.2) is 5.60 Å². The molecule has 11 nitrogen and oxygen atoms in total. The number of aliphatic hydroxyl groups excluding tert-OH is 3. The molecule has 1 saturated carbocycles. The van der Waals surface area contributed by atoms with Gasteiger partial charge >= 0.3 is 0 Å². The van der Waals surface area contributed by atoms with Gasteiger partial charge in [0, 0.05) is 25.1 Å². The zero-order valence-electron chi connectivity index (χ0n) is 28.9. The third kappa shape index (κ3) is 6.79. The second-order valence-electron chi connectivity index (χ2n) is 14.7. The van der Waals surface area contributed by atoms with Crippen molar-refractivity contribution in [2.24, 2.45) is 0 Å². The van der Waals surface area contributed by atoms with E-state index < -0.39 is 41.0 Å². The highest BCUT2D eigenvalue weighted by atomic mass is 16.8. The van der Waals surface area contributed by atoms with Gasteiger partial charge in [0.1, 0.15) is 24.0 Å². The van der Waals surface area contributed by atoms with Crippen molar-refractivity contribution < 1.29 is 39.5 Å². The number of nitrogens with one attached hydrogen (secondary N) is 1. The Hall–Kier alpha value is -2.90. The van der Waals surface area contributed by atoms with E-state index in [0.717, 1.165) is 67.3 Å². The first-order valence-electron chi connectivity index (χ1n) is 17.1. The lowest BCUT2D eigenvalue weighted by molar-refractivity contribution is -0.348. The van der Waals surface area contributed by atoms with Gasteiger partial charge in [0.25, 0.3) is 0 Å². The number of nitrogens with zero attached hydrogens (tertiary/aromatic N) is 2. The molecule has 5 N–H and O–H groups in total. The fourth-order valence-corrected chi connectivity index (χ4v) is 7.63. The lowest BCUT2D eigenvalue weighted by Crippen LogP contribution is -2.70. The Morgan fingerprint density at radius 3 is 2.31 bits per heavy atom. The van der Waals surface area contributed by atoms with Crippen molar-refractivity contribution in [3.05, 3.63) is 70.3 Å². The summed E-state index contributed by atoms with van der Waals surface area (Å²) in [7, 11) is 3.97. The molecule has 1 aliphatic carbocycles. The Morgan fingerprint density at radius 1 is 1.02 bits per heavy atom. The molecule has 2 heterocycles. The summed E-state index contributed by atoms with van der Waals surface area (Å²) in [5.74, 6) is -1.68. The van der Waals surface area contributed by atoms with E-state index >= 15 is 0 Å². The van der Waals surface area contributed by atoms with Crippen LogP contribution in [-0.2, 0) is 37.7 Å². The molecule has 264 valence electrons. The van der Waals surface area contributed by atoms with E-state index in [1.54, 1.807) is 6.07 Å². The van der Waals surface area contributed by atoms with Crippen molar-refractivity contribution in [1.82, 2.24) is 15.1 Å². The van der Waals surface area contributed by atoms with Gasteiger partial charge in [-0.05, 0) is 108 Å². The molecule has 2 saturated heterocycles. The van der Waals surface area contributed by atoms with Crippen LogP contribution in [0.3, 0.4) is 0 Å². The molecule has 3 fully saturated rings. The lowest BCUT2D eigenvalue weighted by Gasteiger charge is -2.50. The monoisotopic (exact) mass is 667 g/mol. The summed E-state index contributed by atoms with van der Waals surface area (Å²) in [6.45, 7) is 6.07. The summed E-state index contributed by atoms with van der Waals surface area (Å²) < 4.78 is 12.3. The number of carbonyl (C=O) groups is 2. The van der Waals surface area contributed by atoms with Crippen LogP contribution < -0.4 is 5.32 Å². The maximum atomic E-state index is 13.5. The number of likely N-dealkylation sites (N-methyl/N-ethyl adjacent to an activating group) is 1. The number of rotatable bonds is 14. The van der Waals surface area contributed by atoms with Crippen LogP contribution in [0.25, 0.3) is 0 Å². The van der Waals surface area contributed by atoms with E-state index in [0.29, 0.717) is 31.4 Å². The third-order valence-corrected chi connectivity index (χ3v) is 10.8. The highest BCUT2D eigenvalue weighted by molar-refractivity contribution is 5.77. The zero-order chi connectivity index (χ0) is 34.9. The molecule has 0 radical (unpaired) electrons. The minimum Gasteiger partial charge on any atom is -0.387 e. The number of carbonyl (C=O) groups excluding carboxylic acids is 2. The first kappa shape index (κ1) is 36.4. The summed E-state index contributed by atoms with van der Waals surface area (Å²) in [6.07, 6.45) is 2.02. The highest BCUT2D eigenvalue weighted by Crippen LogP contribution is 2.53. The summed E-state index contributed by atoms with van der Waals surface area (Å²) in [5, 5.41) is 46.6. The van der Waals surface area contributed by atoms with Gasteiger partial charge in [-0.3, -0.25) is 9.59 Å². The van der Waals surface area contributed by atoms with Gasteiger partial charge in [-0.1, -0.05) is 36.4 Å². The topological polar surface area (TPSA) is 152 Å². The molecule has 3 aliphatic rings. The second-order valence-corrected chi connectivity index (χ2v) is 14.7. The molecule has 2 aliphatic heterocycles. The molecule has 2 aromatic rings. The zero-order valence-corrected chi connectivity index (χ0v) is 28.9. The van der Waals surface area contributed by atoms with E-state index in [1.165, 1.54) is 13.8 Å². The SMILES string of the molecule is Cc1ccc([C@]23OC[C@](C(C)(C)O)(O2)[C@@H](O)[C@H](O)[C@H]3O)cc1Cc1ccc(CCCC(=O)N(CCN(C)C)C2(NC=O)CCCC2)cc1. The van der Waals surface area contributed by atoms with Crippen LogP contribution in [0.15, 0.2) is 42.5 Å². The molecule has 48 heavy (non-hydrogen) atoms. The molecule has 5 atom stereocenters. The summed E-state index contributed by atoms with van der Waals surface area (Å²) >= 11 is 0. The average Bonchev–Trinajstić information content (AvgIpc) is 3.67. The first-order valence-corrected chi connectivity index (χ1v) is 17.1. The van der Waals surface area contributed by atoms with E-state index in [9.17, 15) is 30.0 Å². The van der Waals surface area contributed by atoms with Crippen LogP contribution in [0.1, 0.15) is 80.2 Å². The van der Waals surface area contributed by atoms with Crippen LogP contribution >= 0.6 is 0 Å². The van der Waals surface area contributed by atoms with Gasteiger partial charge in [-0.15, -0.1) is 0 Å². The number of benzene rings is 2. The van der Waals surface area contributed by atoms with Gasteiger partial charge in [-0.25, -0.2) is 0 Å². The first-order chi connectivity index (χ1) is 22.7. The molecule has 5 rings (SSSR count). The quantitative estimate of drug-likeness (QED) is 0.151. The largest absolute Gasteiger partial charge is 0.387 e. The lowest BCUT2D eigenvalue weighted by atomic mass is 9.75. The number of fused-ring (bicyclic) bond motifs is 2. The Morgan fingerprint density at radius 2 is 1.69 bits per heavy atom. The van der Waals surface area contributed by atoms with Crippen molar-refractivity contribution in [1.29, 1.82) is 0 Å². The van der Waals surface area contributed by atoms with Crippen LogP contribution in [0, 0.1) is 6.92 Å². The van der Waals surface area contributed by atoms with Gasteiger partial charge in [0.05, 0.1) is 12.2 Å².